The van der Waals surface area contributed by atoms with E-state index in [0.29, 0.717) is 18.6 Å². The monoisotopic (exact) mass is 328 g/mol. The summed E-state index contributed by atoms with van der Waals surface area (Å²) in [5.74, 6) is 0.0215. The van der Waals surface area contributed by atoms with Crippen LogP contribution < -0.4 is 0 Å². The number of carbonyl (C=O) groups excluding carboxylic acids is 1. The summed E-state index contributed by atoms with van der Waals surface area (Å²) in [5.41, 5.74) is 4.24. The predicted octanol–water partition coefficient (Wildman–Crippen LogP) is 4.85. The van der Waals surface area contributed by atoms with Crippen molar-refractivity contribution < 1.29 is 9.53 Å². The van der Waals surface area contributed by atoms with E-state index in [2.05, 4.69) is 19.1 Å². The third kappa shape index (κ3) is 2.69. The number of hydrogen-bond donors (Lipinski definition) is 0. The van der Waals surface area contributed by atoms with Gasteiger partial charge in [0.2, 0.25) is 0 Å². The largest absolute Gasteiger partial charge is 0.357 e. The van der Waals surface area contributed by atoms with Crippen molar-refractivity contribution in [3.63, 3.8) is 0 Å². The van der Waals surface area contributed by atoms with Crippen LogP contribution in [0.3, 0.4) is 0 Å². The molecule has 0 aliphatic carbocycles. The van der Waals surface area contributed by atoms with Crippen LogP contribution in [-0.4, -0.2) is 5.78 Å². The lowest BCUT2D eigenvalue weighted by molar-refractivity contribution is -0.0488. The van der Waals surface area contributed by atoms with Crippen LogP contribution in [0.5, 0.6) is 0 Å². The fourth-order valence-electron chi connectivity index (χ4n) is 3.64. The molecule has 3 aromatic carbocycles. The molecule has 0 radical (unpaired) electrons. The Morgan fingerprint density at radius 3 is 2.28 bits per heavy atom. The molecular weight excluding hydrogens is 308 g/mol. The number of ether oxygens (including phenoxy) is 1. The van der Waals surface area contributed by atoms with Crippen molar-refractivity contribution in [1.82, 2.24) is 0 Å². The van der Waals surface area contributed by atoms with Crippen molar-refractivity contribution in [3.05, 3.63) is 107 Å². The van der Waals surface area contributed by atoms with Gasteiger partial charge in [0, 0.05) is 12.0 Å². The summed E-state index contributed by atoms with van der Waals surface area (Å²) in [7, 11) is 0. The molecule has 1 aliphatic heterocycles. The number of benzene rings is 3. The van der Waals surface area contributed by atoms with Gasteiger partial charge in [0.15, 0.2) is 11.4 Å². The fourth-order valence-corrected chi connectivity index (χ4v) is 3.64. The third-order valence-electron chi connectivity index (χ3n) is 5.05. The zero-order chi connectivity index (χ0) is 17.3. The minimum Gasteiger partial charge on any atom is -0.357 e. The minimum atomic E-state index is -0.971. The molecule has 25 heavy (non-hydrogen) atoms. The second kappa shape index (κ2) is 6.30. The topological polar surface area (TPSA) is 26.3 Å². The summed E-state index contributed by atoms with van der Waals surface area (Å²) in [6.45, 7) is 2.55. The molecule has 0 amide bonds. The molecule has 3 aromatic rings. The average Bonchev–Trinajstić information content (AvgIpc) is 2.69. The SMILES string of the molecule is Cc1cccc2c1CC(C(=O)c1ccccc1)(c1ccccc1)OC2. The van der Waals surface area contributed by atoms with Gasteiger partial charge in [0.1, 0.15) is 0 Å². The second-order valence-corrected chi connectivity index (χ2v) is 6.57. The van der Waals surface area contributed by atoms with Gasteiger partial charge in [0.05, 0.1) is 6.61 Å². The molecule has 0 fully saturated rings. The Hall–Kier alpha value is -2.71. The molecule has 2 nitrogen and oxygen atoms in total. The number of Topliss-reactive ketones (excluding diaryl/α,β-unsaturated/α-hetero) is 1. The lowest BCUT2D eigenvalue weighted by Crippen LogP contribution is -2.43. The van der Waals surface area contributed by atoms with E-state index in [1.165, 1.54) is 16.7 Å². The molecule has 1 unspecified atom stereocenters. The molecule has 0 saturated carbocycles. The molecular formula is C23H20O2. The number of ketones is 1. The summed E-state index contributed by atoms with van der Waals surface area (Å²) in [5, 5.41) is 0. The van der Waals surface area contributed by atoms with E-state index in [4.69, 9.17) is 4.74 Å². The van der Waals surface area contributed by atoms with Crippen LogP contribution in [0.15, 0.2) is 78.9 Å². The number of rotatable bonds is 3. The van der Waals surface area contributed by atoms with Gasteiger partial charge in [0.25, 0.3) is 0 Å². The Labute approximate surface area is 148 Å². The van der Waals surface area contributed by atoms with Crippen molar-refractivity contribution in [1.29, 1.82) is 0 Å². The quantitative estimate of drug-likeness (QED) is 0.643. The Morgan fingerprint density at radius 2 is 1.56 bits per heavy atom. The predicted molar refractivity (Wildman–Crippen MR) is 98.6 cm³/mol. The first-order valence-electron chi connectivity index (χ1n) is 8.57. The first-order chi connectivity index (χ1) is 12.2. The van der Waals surface area contributed by atoms with E-state index < -0.39 is 5.60 Å². The van der Waals surface area contributed by atoms with Crippen LogP contribution in [0.4, 0.5) is 0 Å². The highest BCUT2D eigenvalue weighted by atomic mass is 16.5. The third-order valence-corrected chi connectivity index (χ3v) is 5.05. The zero-order valence-electron chi connectivity index (χ0n) is 14.2. The van der Waals surface area contributed by atoms with Gasteiger partial charge in [-0.2, -0.15) is 0 Å². The lowest BCUT2D eigenvalue weighted by atomic mass is 9.77. The normalized spacial score (nSPS) is 19.2. The van der Waals surface area contributed by atoms with Crippen LogP contribution >= 0.6 is 0 Å². The van der Waals surface area contributed by atoms with Gasteiger partial charge in [-0.1, -0.05) is 78.9 Å². The summed E-state index contributed by atoms with van der Waals surface area (Å²) < 4.78 is 6.30. The standard InChI is InChI=1S/C23H20O2/c1-17-9-8-12-19-16-25-23(15-21(17)19,20-13-6-3-7-14-20)22(24)18-10-4-2-5-11-18/h2-14H,15-16H2,1H3. The molecule has 4 rings (SSSR count). The molecule has 1 aliphatic rings. The van der Waals surface area contributed by atoms with E-state index in [9.17, 15) is 4.79 Å². The van der Waals surface area contributed by atoms with Gasteiger partial charge >= 0.3 is 0 Å². The number of fused-ring (bicyclic) bond motifs is 1. The van der Waals surface area contributed by atoms with Crippen molar-refractivity contribution in [2.75, 3.05) is 0 Å². The highest BCUT2D eigenvalue weighted by Gasteiger charge is 2.44. The number of carbonyl (C=O) groups is 1. The fraction of sp³-hybridized carbons (Fsp3) is 0.174. The van der Waals surface area contributed by atoms with Crippen molar-refractivity contribution in [2.24, 2.45) is 0 Å². The van der Waals surface area contributed by atoms with Crippen molar-refractivity contribution in [3.8, 4) is 0 Å². The van der Waals surface area contributed by atoms with Crippen molar-refractivity contribution >= 4 is 5.78 Å². The van der Waals surface area contributed by atoms with Gasteiger partial charge in [-0.05, 0) is 29.2 Å². The zero-order valence-corrected chi connectivity index (χ0v) is 14.2. The van der Waals surface area contributed by atoms with Crippen molar-refractivity contribution in [2.45, 2.75) is 25.6 Å². The summed E-state index contributed by atoms with van der Waals surface area (Å²) in [6.07, 6.45) is 0.562. The van der Waals surface area contributed by atoms with Gasteiger partial charge in [-0.3, -0.25) is 4.79 Å². The summed E-state index contributed by atoms with van der Waals surface area (Å²) >= 11 is 0. The lowest BCUT2D eigenvalue weighted by Gasteiger charge is -2.38. The average molecular weight is 328 g/mol. The maximum absolute atomic E-state index is 13.5. The van der Waals surface area contributed by atoms with Crippen LogP contribution in [0, 0.1) is 6.92 Å². The number of aryl methyl sites for hydroxylation is 1. The molecule has 0 spiro atoms. The molecule has 124 valence electrons. The molecule has 2 heteroatoms. The first kappa shape index (κ1) is 15.8. The Bertz CT molecular complexity index is 900. The Balaban J connectivity index is 1.87. The molecule has 1 heterocycles. The van der Waals surface area contributed by atoms with E-state index in [-0.39, 0.29) is 5.78 Å². The summed E-state index contributed by atoms with van der Waals surface area (Å²) in [4.78, 5) is 13.5. The first-order valence-corrected chi connectivity index (χ1v) is 8.57. The van der Waals surface area contributed by atoms with Crippen LogP contribution in [0.1, 0.15) is 32.6 Å². The minimum absolute atomic E-state index is 0.0215. The highest BCUT2D eigenvalue weighted by molar-refractivity contribution is 6.03. The van der Waals surface area contributed by atoms with E-state index in [1.54, 1.807) is 0 Å². The van der Waals surface area contributed by atoms with Gasteiger partial charge < -0.3 is 4.74 Å². The van der Waals surface area contributed by atoms with Gasteiger partial charge in [-0.25, -0.2) is 0 Å². The molecule has 0 aromatic heterocycles. The van der Waals surface area contributed by atoms with E-state index >= 15 is 0 Å². The van der Waals surface area contributed by atoms with E-state index in [0.717, 1.165) is 5.56 Å². The Kier molecular flexibility index (Phi) is 3.98. The second-order valence-electron chi connectivity index (χ2n) is 6.57. The van der Waals surface area contributed by atoms with Crippen LogP contribution in [-0.2, 0) is 23.4 Å². The highest BCUT2D eigenvalue weighted by Crippen LogP contribution is 2.40. The number of hydrogen-bond acceptors (Lipinski definition) is 2. The maximum Gasteiger partial charge on any atom is 0.199 e. The van der Waals surface area contributed by atoms with Gasteiger partial charge in [-0.15, -0.1) is 0 Å². The smallest absolute Gasteiger partial charge is 0.199 e. The Morgan fingerprint density at radius 1 is 0.880 bits per heavy atom. The molecule has 0 bridgehead atoms. The molecule has 0 N–H and O–H groups in total. The summed E-state index contributed by atoms with van der Waals surface area (Å²) in [6, 6.07) is 25.6. The molecule has 1 atom stereocenters. The van der Waals surface area contributed by atoms with Crippen LogP contribution in [0.2, 0.25) is 0 Å². The van der Waals surface area contributed by atoms with Crippen LogP contribution in [0.25, 0.3) is 0 Å². The molecule has 0 saturated heterocycles. The van der Waals surface area contributed by atoms with E-state index in [1.807, 2.05) is 66.7 Å². The maximum atomic E-state index is 13.5.